The van der Waals surface area contributed by atoms with E-state index in [1.807, 2.05) is 37.3 Å². The molecule has 3 aromatic carbocycles. The molecule has 10 heteroatoms. The van der Waals surface area contributed by atoms with Crippen LogP contribution in [0.1, 0.15) is 30.9 Å². The second kappa shape index (κ2) is 14.7. The molecular formula is C30H36ClN3O5S. The lowest BCUT2D eigenvalue weighted by molar-refractivity contribution is -0.140. The predicted octanol–water partition coefficient (Wildman–Crippen LogP) is 4.67. The molecule has 0 aliphatic rings. The molecule has 0 radical (unpaired) electrons. The van der Waals surface area contributed by atoms with Gasteiger partial charge in [-0.05, 0) is 41.8 Å². The molecule has 0 aliphatic heterocycles. The number of carbonyl (C=O) groups is 2. The van der Waals surface area contributed by atoms with E-state index in [1.54, 1.807) is 48.5 Å². The van der Waals surface area contributed by atoms with Crippen molar-refractivity contribution in [1.82, 2.24) is 10.2 Å². The molecule has 0 aliphatic carbocycles. The maximum atomic E-state index is 14.0. The summed E-state index contributed by atoms with van der Waals surface area (Å²) in [6.45, 7) is 2.10. The van der Waals surface area contributed by atoms with Gasteiger partial charge in [-0.15, -0.1) is 0 Å². The van der Waals surface area contributed by atoms with Crippen LogP contribution in [0.5, 0.6) is 5.75 Å². The molecule has 0 heterocycles. The average Bonchev–Trinajstić information content (AvgIpc) is 2.94. The van der Waals surface area contributed by atoms with Crippen molar-refractivity contribution < 1.29 is 22.7 Å². The third-order valence-corrected chi connectivity index (χ3v) is 7.78. The number of nitrogens with one attached hydrogen (secondary N) is 1. The van der Waals surface area contributed by atoms with E-state index in [2.05, 4.69) is 5.32 Å². The lowest BCUT2D eigenvalue weighted by atomic mass is 10.0. The van der Waals surface area contributed by atoms with Crippen molar-refractivity contribution in [2.75, 3.05) is 30.8 Å². The van der Waals surface area contributed by atoms with E-state index < -0.39 is 28.5 Å². The Bertz CT molecular complexity index is 1370. The summed E-state index contributed by atoms with van der Waals surface area (Å²) in [5.41, 5.74) is 1.91. The van der Waals surface area contributed by atoms with E-state index in [0.717, 1.165) is 34.5 Å². The molecule has 1 atom stereocenters. The Hall–Kier alpha value is -3.56. The summed E-state index contributed by atoms with van der Waals surface area (Å²) in [5, 5.41) is 3.50. The third-order valence-electron chi connectivity index (χ3n) is 6.39. The van der Waals surface area contributed by atoms with E-state index in [0.29, 0.717) is 17.3 Å². The van der Waals surface area contributed by atoms with Gasteiger partial charge in [-0.25, -0.2) is 8.42 Å². The van der Waals surface area contributed by atoms with Gasteiger partial charge in [0.1, 0.15) is 18.3 Å². The zero-order chi connectivity index (χ0) is 29.1. The first-order valence-corrected chi connectivity index (χ1v) is 15.3. The Kier molecular flexibility index (Phi) is 11.4. The molecule has 2 amide bonds. The number of halogens is 1. The van der Waals surface area contributed by atoms with Crippen LogP contribution in [-0.4, -0.2) is 57.6 Å². The molecule has 40 heavy (non-hydrogen) atoms. The molecule has 0 saturated heterocycles. The van der Waals surface area contributed by atoms with Crippen molar-refractivity contribution in [3.63, 3.8) is 0 Å². The second-order valence-corrected chi connectivity index (χ2v) is 11.8. The number of unbranched alkanes of at least 4 members (excludes halogenated alkanes) is 1. The highest BCUT2D eigenvalue weighted by molar-refractivity contribution is 7.92. The van der Waals surface area contributed by atoms with Gasteiger partial charge in [0.2, 0.25) is 21.8 Å². The Morgan fingerprint density at radius 1 is 0.975 bits per heavy atom. The summed E-state index contributed by atoms with van der Waals surface area (Å²) < 4.78 is 32.0. The Balaban J connectivity index is 2.03. The van der Waals surface area contributed by atoms with E-state index in [9.17, 15) is 18.0 Å². The minimum Gasteiger partial charge on any atom is -0.497 e. The van der Waals surface area contributed by atoms with Crippen LogP contribution < -0.4 is 14.4 Å². The number of anilines is 1. The molecule has 0 bridgehead atoms. The van der Waals surface area contributed by atoms with Gasteiger partial charge in [0.25, 0.3) is 0 Å². The van der Waals surface area contributed by atoms with E-state index in [4.69, 9.17) is 16.3 Å². The van der Waals surface area contributed by atoms with Crippen LogP contribution in [0.25, 0.3) is 0 Å². The number of carbonyl (C=O) groups excluding carboxylic acids is 2. The number of hydrogen-bond acceptors (Lipinski definition) is 5. The zero-order valence-corrected chi connectivity index (χ0v) is 24.6. The van der Waals surface area contributed by atoms with Crippen molar-refractivity contribution >= 4 is 39.1 Å². The summed E-state index contributed by atoms with van der Waals surface area (Å²) in [7, 11) is -2.38. The van der Waals surface area contributed by atoms with E-state index in [1.165, 1.54) is 12.0 Å². The molecule has 1 N–H and O–H groups in total. The first-order chi connectivity index (χ1) is 19.1. The average molecular weight is 586 g/mol. The topological polar surface area (TPSA) is 96.0 Å². The first kappa shape index (κ1) is 31.0. The molecule has 3 rings (SSSR count). The van der Waals surface area contributed by atoms with Gasteiger partial charge in [0.15, 0.2) is 0 Å². The predicted molar refractivity (Wildman–Crippen MR) is 159 cm³/mol. The largest absolute Gasteiger partial charge is 0.497 e. The lowest BCUT2D eigenvalue weighted by Gasteiger charge is -2.33. The van der Waals surface area contributed by atoms with E-state index in [-0.39, 0.29) is 24.6 Å². The Morgan fingerprint density at radius 3 is 2.30 bits per heavy atom. The van der Waals surface area contributed by atoms with Gasteiger partial charge in [0.05, 0.1) is 19.1 Å². The monoisotopic (exact) mass is 585 g/mol. The van der Waals surface area contributed by atoms with Gasteiger partial charge in [-0.3, -0.25) is 13.9 Å². The fourth-order valence-electron chi connectivity index (χ4n) is 4.23. The number of ether oxygens (including phenoxy) is 1. The summed E-state index contributed by atoms with van der Waals surface area (Å²) in [6, 6.07) is 22.0. The summed E-state index contributed by atoms with van der Waals surface area (Å²) in [4.78, 5) is 29.1. The quantitative estimate of drug-likeness (QED) is 0.277. The van der Waals surface area contributed by atoms with Crippen LogP contribution in [0.3, 0.4) is 0 Å². The molecular weight excluding hydrogens is 550 g/mol. The molecule has 0 spiro atoms. The van der Waals surface area contributed by atoms with Crippen LogP contribution >= 0.6 is 11.6 Å². The number of sulfonamides is 1. The fourth-order valence-corrected chi connectivity index (χ4v) is 5.19. The summed E-state index contributed by atoms with van der Waals surface area (Å²) >= 11 is 6.09. The van der Waals surface area contributed by atoms with Crippen LogP contribution in [0.4, 0.5) is 5.69 Å². The van der Waals surface area contributed by atoms with Crippen molar-refractivity contribution in [3.05, 3.63) is 95.0 Å². The van der Waals surface area contributed by atoms with Crippen LogP contribution in [-0.2, 0) is 32.6 Å². The highest BCUT2D eigenvalue weighted by Crippen LogP contribution is 2.24. The van der Waals surface area contributed by atoms with Gasteiger partial charge in [-0.1, -0.05) is 73.5 Å². The maximum Gasteiger partial charge on any atom is 0.244 e. The van der Waals surface area contributed by atoms with Crippen molar-refractivity contribution in [3.8, 4) is 5.75 Å². The minimum absolute atomic E-state index is 0.0877. The van der Waals surface area contributed by atoms with Crippen LogP contribution in [0.2, 0.25) is 5.02 Å². The number of methoxy groups -OCH3 is 1. The molecule has 1 unspecified atom stereocenters. The van der Waals surface area contributed by atoms with Crippen LogP contribution in [0, 0.1) is 0 Å². The standard InChI is InChI=1S/C30H36ClN3O5S/c1-4-5-18-32-30(36)28(19-23-10-7-6-8-11-23)33(21-24-14-16-25(31)17-15-24)29(35)22-34(40(3,37)38)26-12-9-13-27(20-26)39-2/h6-17,20,28H,4-5,18-19,21-22H2,1-3H3,(H,32,36). The van der Waals surface area contributed by atoms with Gasteiger partial charge >= 0.3 is 0 Å². The molecule has 3 aromatic rings. The van der Waals surface area contributed by atoms with Crippen molar-refractivity contribution in [2.24, 2.45) is 0 Å². The van der Waals surface area contributed by atoms with Crippen molar-refractivity contribution in [1.29, 1.82) is 0 Å². The van der Waals surface area contributed by atoms with Gasteiger partial charge in [-0.2, -0.15) is 0 Å². The van der Waals surface area contributed by atoms with E-state index >= 15 is 0 Å². The normalized spacial score (nSPS) is 11.9. The molecule has 0 aromatic heterocycles. The first-order valence-electron chi connectivity index (χ1n) is 13.1. The van der Waals surface area contributed by atoms with Gasteiger partial charge in [0, 0.05) is 30.6 Å². The zero-order valence-electron chi connectivity index (χ0n) is 23.0. The Labute approximate surface area is 241 Å². The van der Waals surface area contributed by atoms with Crippen LogP contribution in [0.15, 0.2) is 78.9 Å². The smallest absolute Gasteiger partial charge is 0.244 e. The van der Waals surface area contributed by atoms with Gasteiger partial charge < -0.3 is 15.0 Å². The molecule has 214 valence electrons. The minimum atomic E-state index is -3.86. The van der Waals surface area contributed by atoms with Crippen molar-refractivity contribution in [2.45, 2.75) is 38.8 Å². The number of benzene rings is 3. The number of hydrogen-bond donors (Lipinski definition) is 1. The highest BCUT2D eigenvalue weighted by atomic mass is 35.5. The third kappa shape index (κ3) is 8.99. The number of rotatable bonds is 14. The lowest BCUT2D eigenvalue weighted by Crippen LogP contribution is -2.53. The number of nitrogens with zero attached hydrogens (tertiary/aromatic N) is 2. The molecule has 0 fully saturated rings. The maximum absolute atomic E-state index is 14.0. The fraction of sp³-hybridized carbons (Fsp3) is 0.333. The SMILES string of the molecule is CCCCNC(=O)C(Cc1ccccc1)N(Cc1ccc(Cl)cc1)C(=O)CN(c1cccc(OC)c1)S(C)(=O)=O. The summed E-state index contributed by atoms with van der Waals surface area (Å²) in [6.07, 6.45) is 3.01. The number of amides is 2. The molecule has 0 saturated carbocycles. The highest BCUT2D eigenvalue weighted by Gasteiger charge is 2.33. The molecule has 8 nitrogen and oxygen atoms in total. The second-order valence-electron chi connectivity index (χ2n) is 9.47. The Morgan fingerprint density at radius 2 is 1.68 bits per heavy atom. The summed E-state index contributed by atoms with van der Waals surface area (Å²) in [5.74, 6) is -0.365.